The largest absolute Gasteiger partial charge is 0.487 e. The van der Waals surface area contributed by atoms with Crippen molar-refractivity contribution in [3.05, 3.63) is 28.2 Å². The first-order valence-electron chi connectivity index (χ1n) is 6.66. The lowest BCUT2D eigenvalue weighted by atomic mass is 9.63. The van der Waals surface area contributed by atoms with Crippen LogP contribution in [0.1, 0.15) is 44.8 Å². The van der Waals surface area contributed by atoms with Crippen molar-refractivity contribution < 1.29 is 9.84 Å². The second-order valence-electron chi connectivity index (χ2n) is 6.10. The molecule has 2 aliphatic rings. The summed E-state index contributed by atoms with van der Waals surface area (Å²) >= 11 is 3.46. The Balaban J connectivity index is 1.84. The molecule has 1 aliphatic heterocycles. The quantitative estimate of drug-likeness (QED) is 0.847. The van der Waals surface area contributed by atoms with Crippen molar-refractivity contribution in [2.75, 3.05) is 0 Å². The van der Waals surface area contributed by atoms with Gasteiger partial charge in [0.05, 0.1) is 6.10 Å². The number of rotatable bonds is 1. The fraction of sp³-hybridized carbons (Fsp3) is 0.600. The summed E-state index contributed by atoms with van der Waals surface area (Å²) in [5, 5.41) is 10.3. The number of fused-ring (bicyclic) bond motifs is 1. The van der Waals surface area contributed by atoms with E-state index in [1.165, 1.54) is 0 Å². The van der Waals surface area contributed by atoms with Gasteiger partial charge in [0.15, 0.2) is 0 Å². The van der Waals surface area contributed by atoms with Gasteiger partial charge >= 0.3 is 0 Å². The summed E-state index contributed by atoms with van der Waals surface area (Å²) in [5.74, 6) is 2.30. The predicted molar refractivity (Wildman–Crippen MR) is 74.6 cm³/mol. The van der Waals surface area contributed by atoms with Crippen LogP contribution < -0.4 is 4.74 Å². The van der Waals surface area contributed by atoms with E-state index in [-0.39, 0.29) is 11.7 Å². The van der Waals surface area contributed by atoms with Crippen LogP contribution in [0.2, 0.25) is 0 Å². The van der Waals surface area contributed by atoms with Crippen LogP contribution in [-0.2, 0) is 0 Å². The second-order valence-corrected chi connectivity index (χ2v) is 7.02. The Morgan fingerprint density at radius 3 is 2.72 bits per heavy atom. The zero-order chi connectivity index (χ0) is 12.9. The third-order valence-electron chi connectivity index (χ3n) is 4.44. The molecule has 1 aliphatic carbocycles. The van der Waals surface area contributed by atoms with Crippen molar-refractivity contribution in [1.29, 1.82) is 0 Å². The van der Waals surface area contributed by atoms with Crippen LogP contribution in [0.15, 0.2) is 22.7 Å². The first-order valence-corrected chi connectivity index (χ1v) is 7.45. The van der Waals surface area contributed by atoms with E-state index in [1.54, 1.807) is 0 Å². The smallest absolute Gasteiger partial charge is 0.127 e. The van der Waals surface area contributed by atoms with E-state index in [0.29, 0.717) is 5.92 Å². The lowest BCUT2D eigenvalue weighted by molar-refractivity contribution is -0.108. The van der Waals surface area contributed by atoms with Gasteiger partial charge in [0.2, 0.25) is 0 Å². The molecule has 2 nitrogen and oxygen atoms in total. The van der Waals surface area contributed by atoms with Crippen LogP contribution in [0.5, 0.6) is 5.75 Å². The third-order valence-corrected chi connectivity index (χ3v) is 4.93. The molecule has 18 heavy (non-hydrogen) atoms. The first-order chi connectivity index (χ1) is 8.49. The van der Waals surface area contributed by atoms with E-state index in [4.69, 9.17) is 4.74 Å². The van der Waals surface area contributed by atoms with Crippen molar-refractivity contribution in [2.24, 2.45) is 11.8 Å². The molecule has 0 unspecified atom stereocenters. The molecular formula is C15H19BrO2. The van der Waals surface area contributed by atoms with Crippen molar-refractivity contribution in [1.82, 2.24) is 0 Å². The fourth-order valence-corrected chi connectivity index (χ4v) is 3.57. The average Bonchev–Trinajstić information content (AvgIpc) is 2.24. The summed E-state index contributed by atoms with van der Waals surface area (Å²) < 4.78 is 7.20. The summed E-state index contributed by atoms with van der Waals surface area (Å²) in [6, 6.07) is 5.89. The van der Waals surface area contributed by atoms with Gasteiger partial charge in [-0.2, -0.15) is 0 Å². The van der Waals surface area contributed by atoms with Gasteiger partial charge in [-0.3, -0.25) is 0 Å². The highest BCUT2D eigenvalue weighted by Crippen LogP contribution is 2.53. The van der Waals surface area contributed by atoms with Gasteiger partial charge in [-0.25, -0.2) is 0 Å². The zero-order valence-electron chi connectivity index (χ0n) is 10.8. The molecule has 0 radical (unpaired) electrons. The number of hydrogen-bond donors (Lipinski definition) is 1. The van der Waals surface area contributed by atoms with E-state index in [2.05, 4.69) is 29.8 Å². The van der Waals surface area contributed by atoms with Gasteiger partial charge in [0, 0.05) is 16.5 Å². The molecule has 0 aromatic heterocycles. The monoisotopic (exact) mass is 310 g/mol. The van der Waals surface area contributed by atoms with Gasteiger partial charge in [-0.05, 0) is 36.8 Å². The molecule has 0 saturated heterocycles. The number of hydrogen-bond acceptors (Lipinski definition) is 2. The second kappa shape index (κ2) is 4.24. The zero-order valence-corrected chi connectivity index (χ0v) is 12.4. The van der Waals surface area contributed by atoms with E-state index in [1.807, 2.05) is 18.2 Å². The molecule has 1 aromatic carbocycles. The molecule has 1 N–H and O–H groups in total. The number of halogens is 1. The molecule has 1 heterocycles. The maximum absolute atomic E-state index is 10.3. The minimum Gasteiger partial charge on any atom is -0.487 e. The first kappa shape index (κ1) is 12.5. The topological polar surface area (TPSA) is 29.5 Å². The summed E-state index contributed by atoms with van der Waals surface area (Å²) in [6.07, 6.45) is 2.52. The molecule has 3 rings (SSSR count). The molecule has 3 heteroatoms. The lowest BCUT2D eigenvalue weighted by Crippen LogP contribution is -2.53. The van der Waals surface area contributed by atoms with Crippen molar-refractivity contribution in [2.45, 2.75) is 44.8 Å². The lowest BCUT2D eigenvalue weighted by Gasteiger charge is -2.52. The molecular weight excluding hydrogens is 292 g/mol. The maximum atomic E-state index is 10.3. The Kier molecular flexibility index (Phi) is 2.94. The Labute approximate surface area is 116 Å². The van der Waals surface area contributed by atoms with Crippen LogP contribution >= 0.6 is 15.9 Å². The highest BCUT2D eigenvalue weighted by Gasteiger charge is 2.51. The predicted octanol–water partition coefficient (Wildman–Crippen LogP) is 4.07. The highest BCUT2D eigenvalue weighted by molar-refractivity contribution is 9.10. The van der Waals surface area contributed by atoms with Gasteiger partial charge in [-0.1, -0.05) is 35.8 Å². The normalized spacial score (nSPS) is 34.1. The molecule has 98 valence electrons. The number of benzene rings is 1. The Morgan fingerprint density at radius 1 is 1.33 bits per heavy atom. The average molecular weight is 311 g/mol. The van der Waals surface area contributed by atoms with Crippen molar-refractivity contribution >= 4 is 15.9 Å². The molecule has 1 saturated carbocycles. The number of aliphatic hydroxyl groups is 1. The van der Waals surface area contributed by atoms with E-state index < -0.39 is 0 Å². The minimum atomic E-state index is -0.380. The molecule has 0 amide bonds. The summed E-state index contributed by atoms with van der Waals surface area (Å²) in [4.78, 5) is 0. The van der Waals surface area contributed by atoms with Crippen LogP contribution in [0.4, 0.5) is 0 Å². The third kappa shape index (κ3) is 1.97. The molecule has 0 bridgehead atoms. The van der Waals surface area contributed by atoms with Crippen LogP contribution in [-0.4, -0.2) is 10.7 Å². The maximum Gasteiger partial charge on any atom is 0.127 e. The van der Waals surface area contributed by atoms with Gasteiger partial charge in [0.25, 0.3) is 0 Å². The van der Waals surface area contributed by atoms with Gasteiger partial charge in [-0.15, -0.1) is 0 Å². The van der Waals surface area contributed by atoms with Crippen LogP contribution in [0.25, 0.3) is 0 Å². The number of aliphatic hydroxyl groups excluding tert-OH is 1. The Morgan fingerprint density at radius 2 is 2.06 bits per heavy atom. The molecule has 1 aromatic rings. The minimum absolute atomic E-state index is 0.109. The SMILES string of the molecule is CC(C)C1CC2(C1)C[C@H](O)c1ccc(Br)cc1O2. The molecule has 1 spiro atoms. The Bertz CT molecular complexity index is 464. The number of ether oxygens (including phenoxy) is 1. The Hall–Kier alpha value is -0.540. The van der Waals surface area contributed by atoms with Crippen molar-refractivity contribution in [3.63, 3.8) is 0 Å². The van der Waals surface area contributed by atoms with E-state index >= 15 is 0 Å². The van der Waals surface area contributed by atoms with Crippen LogP contribution in [0, 0.1) is 11.8 Å². The standard InChI is InChI=1S/C15H19BrO2/c1-9(2)10-6-15(7-10)8-13(17)12-4-3-11(16)5-14(12)18-15/h3-5,9-10,13,17H,6-8H2,1-2H3/t10?,13-,15?/m0/s1. The molecule has 1 atom stereocenters. The van der Waals surface area contributed by atoms with E-state index in [0.717, 1.165) is 41.0 Å². The van der Waals surface area contributed by atoms with Crippen LogP contribution in [0.3, 0.4) is 0 Å². The van der Waals surface area contributed by atoms with Crippen molar-refractivity contribution in [3.8, 4) is 5.75 Å². The van der Waals surface area contributed by atoms with E-state index in [9.17, 15) is 5.11 Å². The summed E-state index contributed by atoms with van der Waals surface area (Å²) in [5.41, 5.74) is 0.819. The fourth-order valence-electron chi connectivity index (χ4n) is 3.23. The highest BCUT2D eigenvalue weighted by atomic mass is 79.9. The summed E-state index contributed by atoms with van der Waals surface area (Å²) in [6.45, 7) is 4.53. The summed E-state index contributed by atoms with van der Waals surface area (Å²) in [7, 11) is 0. The van der Waals surface area contributed by atoms with Gasteiger partial charge in [0.1, 0.15) is 11.4 Å². The molecule has 1 fully saturated rings. The van der Waals surface area contributed by atoms with Gasteiger partial charge < -0.3 is 9.84 Å².